The predicted molar refractivity (Wildman–Crippen MR) is 113 cm³/mol. The Morgan fingerprint density at radius 3 is 2.39 bits per heavy atom. The molecule has 5 nitrogen and oxygen atoms in total. The molecule has 2 aliphatic rings. The number of anilines is 2. The topological polar surface area (TPSA) is 37.2 Å². The minimum absolute atomic E-state index is 0.770. The molecule has 2 aromatic carbocycles. The fourth-order valence-corrected chi connectivity index (χ4v) is 4.46. The van der Waals surface area contributed by atoms with Crippen molar-refractivity contribution in [3.8, 4) is 5.69 Å². The van der Waals surface area contributed by atoms with Crippen molar-refractivity contribution < 1.29 is 0 Å². The van der Waals surface area contributed by atoms with E-state index in [1.165, 1.54) is 36.8 Å². The van der Waals surface area contributed by atoms with Gasteiger partial charge in [0.2, 0.25) is 11.9 Å². The Hall–Kier alpha value is -2.53. The molecule has 1 aromatic heterocycles. The second kappa shape index (κ2) is 7.47. The Balaban J connectivity index is 1.58. The summed E-state index contributed by atoms with van der Waals surface area (Å²) >= 11 is 6.33. The first kappa shape index (κ1) is 17.6. The highest BCUT2D eigenvalue weighted by Gasteiger charge is 2.29. The Kier molecular flexibility index (Phi) is 4.69. The maximum absolute atomic E-state index is 6.33. The molecule has 3 aromatic rings. The smallest absolute Gasteiger partial charge is 0.234 e. The lowest BCUT2D eigenvalue weighted by Gasteiger charge is -2.32. The SMILES string of the molecule is Clc1ccc2c(c1)CN(Cc1ccccc1)c1nnc(N3CCCCCC3)n1-2. The lowest BCUT2D eigenvalue weighted by molar-refractivity contribution is 0.707. The number of fused-ring (bicyclic) bond motifs is 3. The zero-order valence-electron chi connectivity index (χ0n) is 15.9. The van der Waals surface area contributed by atoms with Crippen molar-refractivity contribution in [3.63, 3.8) is 0 Å². The fraction of sp³-hybridized carbons (Fsp3) is 0.364. The van der Waals surface area contributed by atoms with E-state index in [1.807, 2.05) is 6.07 Å². The molecule has 6 heteroatoms. The molecule has 0 spiro atoms. The maximum atomic E-state index is 6.33. The third-order valence-electron chi connectivity index (χ3n) is 5.66. The molecule has 0 saturated carbocycles. The van der Waals surface area contributed by atoms with Crippen LogP contribution in [-0.2, 0) is 13.1 Å². The van der Waals surface area contributed by atoms with Crippen molar-refractivity contribution in [2.45, 2.75) is 38.8 Å². The van der Waals surface area contributed by atoms with Crippen LogP contribution in [0.3, 0.4) is 0 Å². The number of rotatable bonds is 3. The van der Waals surface area contributed by atoms with E-state index in [-0.39, 0.29) is 0 Å². The second-order valence-corrected chi connectivity index (χ2v) is 8.09. The molecule has 0 aliphatic carbocycles. The summed E-state index contributed by atoms with van der Waals surface area (Å²) in [7, 11) is 0. The van der Waals surface area contributed by atoms with Crippen molar-refractivity contribution in [2.75, 3.05) is 22.9 Å². The van der Waals surface area contributed by atoms with E-state index in [0.717, 1.165) is 48.8 Å². The van der Waals surface area contributed by atoms with E-state index in [2.05, 4.69) is 67.0 Å². The van der Waals surface area contributed by atoms with Crippen LogP contribution in [0.5, 0.6) is 0 Å². The average Bonchev–Trinajstić information content (AvgIpc) is 2.97. The number of hydrogen-bond acceptors (Lipinski definition) is 4. The Morgan fingerprint density at radius 1 is 0.857 bits per heavy atom. The van der Waals surface area contributed by atoms with Crippen LogP contribution in [0.25, 0.3) is 5.69 Å². The maximum Gasteiger partial charge on any atom is 0.234 e. The van der Waals surface area contributed by atoms with Crippen LogP contribution in [0, 0.1) is 0 Å². The van der Waals surface area contributed by atoms with E-state index in [4.69, 9.17) is 11.6 Å². The summed E-state index contributed by atoms with van der Waals surface area (Å²) in [5, 5.41) is 10.0. The van der Waals surface area contributed by atoms with Crippen LogP contribution in [-0.4, -0.2) is 27.9 Å². The van der Waals surface area contributed by atoms with Crippen LogP contribution >= 0.6 is 11.6 Å². The molecule has 0 atom stereocenters. The first-order valence-corrected chi connectivity index (χ1v) is 10.5. The molecule has 0 bridgehead atoms. The van der Waals surface area contributed by atoms with E-state index < -0.39 is 0 Å². The third kappa shape index (κ3) is 3.24. The summed E-state index contributed by atoms with van der Waals surface area (Å²) in [6, 6.07) is 16.7. The van der Waals surface area contributed by atoms with Gasteiger partial charge in [-0.3, -0.25) is 0 Å². The van der Waals surface area contributed by atoms with Gasteiger partial charge in [0.1, 0.15) is 0 Å². The van der Waals surface area contributed by atoms with Gasteiger partial charge >= 0.3 is 0 Å². The first-order chi connectivity index (χ1) is 13.8. The lowest BCUT2D eigenvalue weighted by atomic mass is 10.1. The lowest BCUT2D eigenvalue weighted by Crippen LogP contribution is -2.32. The number of benzene rings is 2. The summed E-state index contributed by atoms with van der Waals surface area (Å²) in [4.78, 5) is 4.69. The molecule has 3 heterocycles. The standard InChI is InChI=1S/C22H24ClN5/c23-19-10-11-20-18(14-19)16-27(15-17-8-4-3-5-9-17)22-25-24-21(28(20)22)26-12-6-1-2-7-13-26/h3-5,8-11,14H,1-2,6-7,12-13,15-16H2. The van der Waals surface area contributed by atoms with Crippen molar-refractivity contribution in [2.24, 2.45) is 0 Å². The van der Waals surface area contributed by atoms with E-state index in [0.29, 0.717) is 0 Å². The molecule has 0 amide bonds. The highest BCUT2D eigenvalue weighted by Crippen LogP contribution is 2.36. The van der Waals surface area contributed by atoms with Gasteiger partial charge in [-0.1, -0.05) is 54.8 Å². The fourth-order valence-electron chi connectivity index (χ4n) is 4.27. The number of halogens is 1. The van der Waals surface area contributed by atoms with Crippen LogP contribution in [0.15, 0.2) is 48.5 Å². The van der Waals surface area contributed by atoms with Gasteiger partial charge in [0.25, 0.3) is 0 Å². The number of hydrogen-bond donors (Lipinski definition) is 0. The molecular formula is C22H24ClN5. The monoisotopic (exact) mass is 393 g/mol. The Labute approximate surface area is 170 Å². The van der Waals surface area contributed by atoms with Crippen LogP contribution in [0.4, 0.5) is 11.9 Å². The Morgan fingerprint density at radius 2 is 1.61 bits per heavy atom. The van der Waals surface area contributed by atoms with Gasteiger partial charge < -0.3 is 9.80 Å². The molecule has 1 saturated heterocycles. The van der Waals surface area contributed by atoms with Crippen molar-refractivity contribution in [1.29, 1.82) is 0 Å². The highest BCUT2D eigenvalue weighted by atomic mass is 35.5. The normalized spacial score (nSPS) is 16.5. The molecule has 0 N–H and O–H groups in total. The zero-order valence-corrected chi connectivity index (χ0v) is 16.6. The summed E-state index contributed by atoms with van der Waals surface area (Å²) in [5.41, 5.74) is 3.62. The van der Waals surface area contributed by atoms with E-state index in [1.54, 1.807) is 0 Å². The van der Waals surface area contributed by atoms with Crippen molar-refractivity contribution in [1.82, 2.24) is 14.8 Å². The first-order valence-electron chi connectivity index (χ1n) is 10.1. The molecule has 1 fully saturated rings. The summed E-state index contributed by atoms with van der Waals surface area (Å²) in [6.45, 7) is 3.66. The van der Waals surface area contributed by atoms with Crippen molar-refractivity contribution in [3.05, 3.63) is 64.7 Å². The van der Waals surface area contributed by atoms with Gasteiger partial charge in [-0.15, -0.1) is 10.2 Å². The van der Waals surface area contributed by atoms with E-state index in [9.17, 15) is 0 Å². The minimum atomic E-state index is 0.770. The second-order valence-electron chi connectivity index (χ2n) is 7.65. The Bertz CT molecular complexity index is 960. The minimum Gasteiger partial charge on any atom is -0.341 e. The summed E-state index contributed by atoms with van der Waals surface area (Å²) < 4.78 is 2.23. The van der Waals surface area contributed by atoms with Gasteiger partial charge in [0.05, 0.1) is 5.69 Å². The molecule has 144 valence electrons. The molecule has 5 rings (SSSR count). The number of aromatic nitrogens is 3. The summed E-state index contributed by atoms with van der Waals surface area (Å²) in [5.74, 6) is 1.87. The predicted octanol–water partition coefficient (Wildman–Crippen LogP) is 4.82. The molecular weight excluding hydrogens is 370 g/mol. The number of nitrogens with zero attached hydrogens (tertiary/aromatic N) is 5. The van der Waals surface area contributed by atoms with Crippen LogP contribution in [0.2, 0.25) is 5.02 Å². The van der Waals surface area contributed by atoms with Crippen LogP contribution < -0.4 is 9.80 Å². The average molecular weight is 394 g/mol. The van der Waals surface area contributed by atoms with Gasteiger partial charge in [0, 0.05) is 31.2 Å². The van der Waals surface area contributed by atoms with Crippen LogP contribution in [0.1, 0.15) is 36.8 Å². The van der Waals surface area contributed by atoms with Gasteiger partial charge in [0.15, 0.2) is 0 Å². The van der Waals surface area contributed by atoms with Gasteiger partial charge in [-0.2, -0.15) is 0 Å². The highest BCUT2D eigenvalue weighted by molar-refractivity contribution is 6.30. The van der Waals surface area contributed by atoms with E-state index >= 15 is 0 Å². The largest absolute Gasteiger partial charge is 0.341 e. The zero-order chi connectivity index (χ0) is 18.9. The van der Waals surface area contributed by atoms with Crippen molar-refractivity contribution >= 4 is 23.5 Å². The molecule has 0 radical (unpaired) electrons. The quantitative estimate of drug-likeness (QED) is 0.639. The van der Waals surface area contributed by atoms with Gasteiger partial charge in [-0.05, 0) is 42.2 Å². The molecule has 28 heavy (non-hydrogen) atoms. The van der Waals surface area contributed by atoms with Gasteiger partial charge in [-0.25, -0.2) is 4.57 Å². The molecule has 0 unspecified atom stereocenters. The third-order valence-corrected chi connectivity index (χ3v) is 5.90. The molecule has 2 aliphatic heterocycles. The summed E-state index contributed by atoms with van der Waals surface area (Å²) in [6.07, 6.45) is 5.01.